The third-order valence-corrected chi connectivity index (χ3v) is 5.16. The van der Waals surface area contributed by atoms with Gasteiger partial charge < -0.3 is 26.2 Å². The fourth-order valence-corrected chi connectivity index (χ4v) is 3.43. The van der Waals surface area contributed by atoms with E-state index in [4.69, 9.17) is 26.2 Å². The number of nitrogens with two attached hydrogens (primary N) is 1. The van der Waals surface area contributed by atoms with Crippen molar-refractivity contribution in [1.29, 1.82) is 0 Å². The minimum absolute atomic E-state index is 0.229. The third kappa shape index (κ3) is 15.3. The van der Waals surface area contributed by atoms with Gasteiger partial charge in [-0.1, -0.05) is 18.2 Å². The minimum atomic E-state index is -1.02. The van der Waals surface area contributed by atoms with Gasteiger partial charge in [-0.25, -0.2) is 0 Å². The maximum absolute atomic E-state index is 11.1. The highest BCUT2D eigenvalue weighted by Crippen LogP contribution is 2.01. The van der Waals surface area contributed by atoms with Crippen molar-refractivity contribution in [2.24, 2.45) is 0 Å². The van der Waals surface area contributed by atoms with Crippen LogP contribution in [0.5, 0.6) is 0 Å². The SMILES string of the molecule is Nc1ccccc1.O=C(O)CN1CCN(CC(=O)O)CCN(CC(=O)O)CCN(CC(=O)O)CC1. The molecule has 1 aromatic carbocycles. The molecule has 1 fully saturated rings. The Balaban J connectivity index is 0.000000744. The number of aliphatic carboxylic acids is 4. The van der Waals surface area contributed by atoms with Crippen molar-refractivity contribution in [2.45, 2.75) is 0 Å². The smallest absolute Gasteiger partial charge is 0.317 e. The Hall–Kier alpha value is -3.26. The highest BCUT2D eigenvalue weighted by atomic mass is 16.4. The van der Waals surface area contributed by atoms with Crippen LogP contribution < -0.4 is 5.73 Å². The molecule has 6 N–H and O–H groups in total. The normalized spacial score (nSPS) is 17.3. The average molecular weight is 498 g/mol. The molecule has 2 rings (SSSR count). The highest BCUT2D eigenvalue weighted by Gasteiger charge is 2.20. The topological polar surface area (TPSA) is 188 Å². The summed E-state index contributed by atoms with van der Waals surface area (Å²) in [6, 6.07) is 9.49. The summed E-state index contributed by atoms with van der Waals surface area (Å²) < 4.78 is 0. The molecule has 0 radical (unpaired) electrons. The van der Waals surface area contributed by atoms with Crippen molar-refractivity contribution < 1.29 is 39.6 Å². The zero-order valence-electron chi connectivity index (χ0n) is 19.7. The molecule has 0 aromatic heterocycles. The van der Waals surface area contributed by atoms with Crippen molar-refractivity contribution in [3.05, 3.63) is 30.3 Å². The molecule has 0 aliphatic carbocycles. The van der Waals surface area contributed by atoms with Gasteiger partial charge in [0.05, 0.1) is 26.2 Å². The maximum atomic E-state index is 11.1. The van der Waals surface area contributed by atoms with Gasteiger partial charge in [0, 0.05) is 58.0 Å². The van der Waals surface area contributed by atoms with Crippen LogP contribution in [0.1, 0.15) is 0 Å². The first-order chi connectivity index (χ1) is 16.5. The summed E-state index contributed by atoms with van der Waals surface area (Å²) in [5.41, 5.74) is 6.18. The van der Waals surface area contributed by atoms with Crippen LogP contribution in [0.4, 0.5) is 5.69 Å². The first-order valence-electron chi connectivity index (χ1n) is 11.1. The molecular formula is C22H35N5O8. The van der Waals surface area contributed by atoms with E-state index in [-0.39, 0.29) is 26.2 Å². The van der Waals surface area contributed by atoms with E-state index in [2.05, 4.69) is 0 Å². The second-order valence-electron chi connectivity index (χ2n) is 8.09. The van der Waals surface area contributed by atoms with Crippen LogP contribution in [-0.4, -0.2) is 142 Å². The first-order valence-corrected chi connectivity index (χ1v) is 11.1. The van der Waals surface area contributed by atoms with Gasteiger partial charge in [-0.15, -0.1) is 0 Å². The summed E-state index contributed by atoms with van der Waals surface area (Å²) in [7, 11) is 0. The lowest BCUT2D eigenvalue weighted by Gasteiger charge is -2.32. The summed E-state index contributed by atoms with van der Waals surface area (Å²) in [4.78, 5) is 50.9. The number of nitrogens with zero attached hydrogens (tertiary/aromatic N) is 4. The van der Waals surface area contributed by atoms with Gasteiger partial charge in [0.15, 0.2) is 0 Å². The van der Waals surface area contributed by atoms with E-state index in [0.717, 1.165) is 5.69 Å². The minimum Gasteiger partial charge on any atom is -0.480 e. The second-order valence-corrected chi connectivity index (χ2v) is 8.09. The number of para-hydroxylation sites is 1. The number of benzene rings is 1. The third-order valence-electron chi connectivity index (χ3n) is 5.16. The van der Waals surface area contributed by atoms with Gasteiger partial charge in [-0.3, -0.25) is 38.8 Å². The molecule has 0 amide bonds. The van der Waals surface area contributed by atoms with Crippen molar-refractivity contribution in [1.82, 2.24) is 19.6 Å². The van der Waals surface area contributed by atoms with E-state index in [1.807, 2.05) is 30.3 Å². The molecule has 0 atom stereocenters. The van der Waals surface area contributed by atoms with Crippen LogP contribution in [0.2, 0.25) is 0 Å². The predicted molar refractivity (Wildman–Crippen MR) is 127 cm³/mol. The molecule has 0 saturated carbocycles. The number of nitrogen functional groups attached to an aromatic ring is 1. The van der Waals surface area contributed by atoms with Gasteiger partial charge in [0.2, 0.25) is 0 Å². The molecule has 1 saturated heterocycles. The predicted octanol–water partition coefficient (Wildman–Crippen LogP) is -1.18. The number of carboxylic acid groups (broad SMARTS) is 4. The van der Waals surface area contributed by atoms with E-state index in [1.165, 1.54) is 0 Å². The number of carbonyl (C=O) groups is 4. The molecule has 35 heavy (non-hydrogen) atoms. The monoisotopic (exact) mass is 497 g/mol. The highest BCUT2D eigenvalue weighted by molar-refractivity contribution is 5.70. The van der Waals surface area contributed by atoms with E-state index >= 15 is 0 Å². The average Bonchev–Trinajstić information content (AvgIpc) is 2.75. The molecule has 0 bridgehead atoms. The molecule has 1 aliphatic rings. The summed E-state index contributed by atoms with van der Waals surface area (Å²) >= 11 is 0. The van der Waals surface area contributed by atoms with Crippen LogP contribution in [0.25, 0.3) is 0 Å². The van der Waals surface area contributed by atoms with Crippen LogP contribution in [-0.2, 0) is 19.2 Å². The molecule has 13 heteroatoms. The molecule has 13 nitrogen and oxygen atoms in total. The summed E-state index contributed by atoms with van der Waals surface area (Å²) in [5, 5.41) is 36.3. The molecular weight excluding hydrogens is 462 g/mol. The Morgan fingerprint density at radius 3 is 0.914 bits per heavy atom. The Labute approximate surface area is 203 Å². The Morgan fingerprint density at radius 1 is 0.543 bits per heavy atom. The van der Waals surface area contributed by atoms with Crippen molar-refractivity contribution in [3.8, 4) is 0 Å². The molecule has 0 unspecified atom stereocenters. The summed E-state index contributed by atoms with van der Waals surface area (Å²) in [5.74, 6) is -4.08. The summed E-state index contributed by atoms with van der Waals surface area (Å²) in [6.45, 7) is 1.52. The van der Waals surface area contributed by atoms with Gasteiger partial charge in [0.25, 0.3) is 0 Å². The van der Waals surface area contributed by atoms with Crippen LogP contribution in [0, 0.1) is 0 Å². The number of anilines is 1. The molecule has 196 valence electrons. The fraction of sp³-hybridized carbons (Fsp3) is 0.545. The quantitative estimate of drug-likeness (QED) is 0.270. The largest absolute Gasteiger partial charge is 0.480 e. The van der Waals surface area contributed by atoms with E-state index < -0.39 is 23.9 Å². The summed E-state index contributed by atoms with van der Waals surface area (Å²) in [6.07, 6.45) is 0. The van der Waals surface area contributed by atoms with Crippen molar-refractivity contribution in [2.75, 3.05) is 84.3 Å². The van der Waals surface area contributed by atoms with Crippen LogP contribution in [0.15, 0.2) is 30.3 Å². The zero-order chi connectivity index (χ0) is 26.2. The zero-order valence-corrected chi connectivity index (χ0v) is 19.7. The van der Waals surface area contributed by atoms with Crippen LogP contribution >= 0.6 is 0 Å². The van der Waals surface area contributed by atoms with E-state index in [1.54, 1.807) is 19.6 Å². The lowest BCUT2D eigenvalue weighted by molar-refractivity contribution is -0.141. The Bertz CT molecular complexity index is 698. The van der Waals surface area contributed by atoms with Crippen LogP contribution in [0.3, 0.4) is 0 Å². The number of hydrogen-bond acceptors (Lipinski definition) is 9. The lowest BCUT2D eigenvalue weighted by atomic mass is 10.3. The van der Waals surface area contributed by atoms with Crippen molar-refractivity contribution >= 4 is 29.6 Å². The first kappa shape index (κ1) is 29.8. The number of rotatable bonds is 8. The second kappa shape index (κ2) is 16.4. The molecule has 1 aliphatic heterocycles. The van der Waals surface area contributed by atoms with Gasteiger partial charge in [-0.2, -0.15) is 0 Å². The lowest BCUT2D eigenvalue weighted by Crippen LogP contribution is -2.49. The standard InChI is InChI=1S/C16H28N4O8.C6H7N/c21-13(22)9-17-1-2-18(10-14(23)24)5-6-20(12-16(27)28)8-7-19(4-3-17)11-15(25)26;7-6-4-2-1-3-5-6/h1-12H2,(H,21,22)(H,23,24)(H,25,26)(H,27,28);1-5H,7H2. The maximum Gasteiger partial charge on any atom is 0.317 e. The number of carboxylic acids is 4. The molecule has 1 heterocycles. The van der Waals surface area contributed by atoms with Gasteiger partial charge in [-0.05, 0) is 12.1 Å². The van der Waals surface area contributed by atoms with E-state index in [0.29, 0.717) is 52.4 Å². The van der Waals surface area contributed by atoms with E-state index in [9.17, 15) is 19.2 Å². The van der Waals surface area contributed by atoms with Gasteiger partial charge in [0.1, 0.15) is 0 Å². The number of hydrogen-bond donors (Lipinski definition) is 5. The Morgan fingerprint density at radius 2 is 0.771 bits per heavy atom. The molecule has 0 spiro atoms. The Kier molecular flexibility index (Phi) is 13.9. The fourth-order valence-electron chi connectivity index (χ4n) is 3.43. The van der Waals surface area contributed by atoms with Crippen molar-refractivity contribution in [3.63, 3.8) is 0 Å². The molecule has 1 aromatic rings. The van der Waals surface area contributed by atoms with Gasteiger partial charge >= 0.3 is 23.9 Å².